The minimum Gasteiger partial charge on any atom is -0.389 e. The Morgan fingerprint density at radius 2 is 1.97 bits per heavy atom. The number of aliphatic hydroxyl groups is 1. The van der Waals surface area contributed by atoms with E-state index in [1.165, 1.54) is 0 Å². The quantitative estimate of drug-likeness (QED) is 0.449. The summed E-state index contributed by atoms with van der Waals surface area (Å²) >= 11 is 0. The highest BCUT2D eigenvalue weighted by atomic mass is 16.3. The summed E-state index contributed by atoms with van der Waals surface area (Å²) in [5.74, 6) is 0.210. The number of carbonyl (C=O) groups is 1. The lowest BCUT2D eigenvalue weighted by molar-refractivity contribution is -0.0197. The van der Waals surface area contributed by atoms with Crippen LogP contribution in [0.4, 0.5) is 0 Å². The first-order chi connectivity index (χ1) is 15.9. The van der Waals surface area contributed by atoms with Crippen molar-refractivity contribution in [3.63, 3.8) is 0 Å². The van der Waals surface area contributed by atoms with Gasteiger partial charge in [-0.05, 0) is 61.8 Å². The monoisotopic (exact) mass is 443 g/mol. The second-order valence-electron chi connectivity index (χ2n) is 9.68. The Morgan fingerprint density at radius 1 is 1.21 bits per heavy atom. The van der Waals surface area contributed by atoms with Crippen LogP contribution in [0.1, 0.15) is 66.4 Å². The molecule has 2 fully saturated rings. The van der Waals surface area contributed by atoms with Gasteiger partial charge in [0.05, 0.1) is 23.4 Å². The fourth-order valence-corrected chi connectivity index (χ4v) is 5.73. The number of fused-ring (bicyclic) bond motifs is 2. The highest BCUT2D eigenvalue weighted by Crippen LogP contribution is 2.62. The maximum absolute atomic E-state index is 12.9. The highest BCUT2D eigenvalue weighted by Gasteiger charge is 2.54. The Kier molecular flexibility index (Phi) is 4.42. The number of pyridine rings is 1. The molecule has 2 aliphatic carbocycles. The van der Waals surface area contributed by atoms with Gasteiger partial charge in [0, 0.05) is 23.5 Å². The molecule has 8 nitrogen and oxygen atoms in total. The van der Waals surface area contributed by atoms with Gasteiger partial charge in [0.25, 0.3) is 11.5 Å². The number of rotatable bonds is 4. The average Bonchev–Trinajstić information content (AvgIpc) is 3.19. The van der Waals surface area contributed by atoms with E-state index in [1.54, 1.807) is 35.9 Å². The summed E-state index contributed by atoms with van der Waals surface area (Å²) in [5, 5.41) is 21.6. The lowest BCUT2D eigenvalue weighted by Crippen LogP contribution is -2.55. The predicted molar refractivity (Wildman–Crippen MR) is 123 cm³/mol. The van der Waals surface area contributed by atoms with Crippen LogP contribution in [0.3, 0.4) is 0 Å². The number of imidazole rings is 1. The number of amides is 1. The number of aliphatic hydroxyl groups excluding tert-OH is 1. The molecule has 2 aliphatic rings. The number of carbonyl (C=O) groups excluding carboxylic acids is 1. The van der Waals surface area contributed by atoms with Crippen LogP contribution in [-0.4, -0.2) is 36.6 Å². The van der Waals surface area contributed by atoms with Crippen LogP contribution >= 0.6 is 0 Å². The zero-order chi connectivity index (χ0) is 22.7. The average molecular weight is 444 g/mol. The molecule has 168 valence electrons. The lowest BCUT2D eigenvalue weighted by atomic mass is 9.49. The molecular weight excluding hydrogens is 418 g/mol. The van der Waals surface area contributed by atoms with Gasteiger partial charge in [-0.1, -0.05) is 18.2 Å². The maximum atomic E-state index is 12.9. The van der Waals surface area contributed by atoms with Crippen LogP contribution in [0.25, 0.3) is 16.4 Å². The first-order valence-corrected chi connectivity index (χ1v) is 11.4. The van der Waals surface area contributed by atoms with Gasteiger partial charge in [-0.15, -0.1) is 0 Å². The third-order valence-corrected chi connectivity index (χ3v) is 7.42. The Bertz CT molecular complexity index is 1440. The van der Waals surface area contributed by atoms with E-state index in [9.17, 15) is 14.7 Å². The fraction of sp³-hybridized carbons (Fsp3) is 0.360. The normalized spacial score (nSPS) is 25.0. The summed E-state index contributed by atoms with van der Waals surface area (Å²) in [5.41, 5.74) is 3.00. The van der Waals surface area contributed by atoms with Gasteiger partial charge in [0.15, 0.2) is 0 Å². The van der Waals surface area contributed by atoms with Crippen molar-refractivity contribution in [2.75, 3.05) is 0 Å². The zero-order valence-corrected chi connectivity index (χ0v) is 18.3. The molecule has 8 heteroatoms. The molecule has 1 aromatic carbocycles. The third kappa shape index (κ3) is 3.24. The van der Waals surface area contributed by atoms with Gasteiger partial charge in [-0.25, -0.2) is 10.1 Å². The minimum atomic E-state index is -0.578. The molecule has 1 spiro atoms. The smallest absolute Gasteiger partial charge is 0.272 e. The standard InChI is InChI=1S/C25H25N5O3/c1-14(31)15-6-7-30-20(13-26-21(30)8-15)24(33)27-17-11-25(12-17)9-16(10-25)22-18-4-2-3-5-19(18)23(32)29-28-22/h2-8,13-14,16-17,31H,9-12H2,1H3,(H,27,33)(H,29,32)/t14?,16-,17-,25?. The Hall–Kier alpha value is -3.52. The van der Waals surface area contributed by atoms with E-state index in [-0.39, 0.29) is 22.9 Å². The molecule has 3 aromatic heterocycles. The topological polar surface area (TPSA) is 112 Å². The summed E-state index contributed by atoms with van der Waals surface area (Å²) in [6.45, 7) is 1.70. The number of H-pyrrole nitrogens is 1. The van der Waals surface area contributed by atoms with Crippen LogP contribution < -0.4 is 10.9 Å². The Labute approximate surface area is 189 Å². The van der Waals surface area contributed by atoms with Crippen LogP contribution in [0.2, 0.25) is 0 Å². The number of hydrogen-bond donors (Lipinski definition) is 3. The van der Waals surface area contributed by atoms with Crippen LogP contribution in [-0.2, 0) is 0 Å². The molecule has 1 amide bonds. The van der Waals surface area contributed by atoms with Crippen molar-refractivity contribution in [1.29, 1.82) is 0 Å². The summed E-state index contributed by atoms with van der Waals surface area (Å²) in [6.07, 6.45) is 6.75. The molecule has 33 heavy (non-hydrogen) atoms. The van der Waals surface area contributed by atoms with Crippen molar-refractivity contribution in [3.05, 3.63) is 76.1 Å². The zero-order valence-electron chi connectivity index (χ0n) is 18.3. The molecule has 0 radical (unpaired) electrons. The number of aromatic nitrogens is 4. The van der Waals surface area contributed by atoms with Crippen molar-refractivity contribution in [3.8, 4) is 0 Å². The second-order valence-corrected chi connectivity index (χ2v) is 9.68. The van der Waals surface area contributed by atoms with Gasteiger partial charge in [-0.3, -0.25) is 14.0 Å². The molecule has 1 unspecified atom stereocenters. The largest absolute Gasteiger partial charge is 0.389 e. The van der Waals surface area contributed by atoms with Crippen molar-refractivity contribution < 1.29 is 9.90 Å². The summed E-state index contributed by atoms with van der Waals surface area (Å²) in [4.78, 5) is 29.2. The van der Waals surface area contributed by atoms with Crippen molar-refractivity contribution in [2.24, 2.45) is 5.41 Å². The van der Waals surface area contributed by atoms with Crippen LogP contribution in [0, 0.1) is 5.41 Å². The van der Waals surface area contributed by atoms with Gasteiger partial charge in [0.1, 0.15) is 11.3 Å². The van der Waals surface area contributed by atoms with Gasteiger partial charge < -0.3 is 10.4 Å². The molecule has 0 saturated heterocycles. The van der Waals surface area contributed by atoms with Crippen molar-refractivity contribution >= 4 is 22.3 Å². The van der Waals surface area contributed by atoms with Crippen LogP contribution in [0.15, 0.2) is 53.6 Å². The predicted octanol–water partition coefficient (Wildman–Crippen LogP) is 3.08. The van der Waals surface area contributed by atoms with E-state index in [1.807, 2.05) is 24.3 Å². The van der Waals surface area contributed by atoms with E-state index in [4.69, 9.17) is 0 Å². The van der Waals surface area contributed by atoms with Crippen molar-refractivity contribution in [1.82, 2.24) is 24.9 Å². The van der Waals surface area contributed by atoms with E-state index >= 15 is 0 Å². The Morgan fingerprint density at radius 3 is 2.73 bits per heavy atom. The SMILES string of the molecule is CC(O)c1ccn2c(C(=O)N[C@H]3CC4(C3)C[C@H](c3n[nH]c(=O)c5ccccc53)C4)cnc2c1. The highest BCUT2D eigenvalue weighted by molar-refractivity contribution is 5.93. The summed E-state index contributed by atoms with van der Waals surface area (Å²) in [6, 6.07) is 11.4. The summed E-state index contributed by atoms with van der Waals surface area (Å²) < 4.78 is 1.75. The van der Waals surface area contributed by atoms with Crippen LogP contribution in [0.5, 0.6) is 0 Å². The molecule has 0 bridgehead atoms. The minimum absolute atomic E-state index is 0.128. The molecule has 0 aliphatic heterocycles. The molecule has 4 aromatic rings. The first-order valence-electron chi connectivity index (χ1n) is 11.4. The van der Waals surface area contributed by atoms with E-state index in [0.717, 1.165) is 42.3 Å². The Balaban J connectivity index is 1.10. The molecule has 6 rings (SSSR count). The van der Waals surface area contributed by atoms with E-state index < -0.39 is 6.10 Å². The number of hydrogen-bond acceptors (Lipinski definition) is 5. The molecule has 3 N–H and O–H groups in total. The van der Waals surface area contributed by atoms with Crippen molar-refractivity contribution in [2.45, 2.75) is 50.7 Å². The number of benzene rings is 1. The molecule has 1 atom stereocenters. The van der Waals surface area contributed by atoms with E-state index in [2.05, 4.69) is 20.5 Å². The van der Waals surface area contributed by atoms with E-state index in [0.29, 0.717) is 22.6 Å². The van der Waals surface area contributed by atoms with Gasteiger partial charge in [-0.2, -0.15) is 5.10 Å². The number of nitrogens with zero attached hydrogens (tertiary/aromatic N) is 3. The molecule has 3 heterocycles. The van der Waals surface area contributed by atoms with Gasteiger partial charge in [0.2, 0.25) is 0 Å². The fourth-order valence-electron chi connectivity index (χ4n) is 5.73. The third-order valence-electron chi connectivity index (χ3n) is 7.42. The summed E-state index contributed by atoms with van der Waals surface area (Å²) in [7, 11) is 0. The molecule has 2 saturated carbocycles. The van der Waals surface area contributed by atoms with Gasteiger partial charge >= 0.3 is 0 Å². The second kappa shape index (κ2) is 7.25. The maximum Gasteiger partial charge on any atom is 0.272 e. The number of aromatic amines is 1. The first kappa shape index (κ1) is 20.1. The number of nitrogens with one attached hydrogen (secondary N) is 2. The molecular formula is C25H25N5O3. The lowest BCUT2D eigenvalue weighted by Gasteiger charge is -2.57.